The fourth-order valence-electron chi connectivity index (χ4n) is 3.85. The average molecular weight is 470 g/mol. The number of Topliss-reactive ketones (excluding diaryl/α,β-unsaturated/α-hetero) is 1. The van der Waals surface area contributed by atoms with Crippen LogP contribution in [0.4, 0.5) is 0 Å². The summed E-state index contributed by atoms with van der Waals surface area (Å²) in [5.74, 6) is -0.0414. The molecule has 1 atom stereocenters. The normalized spacial score (nSPS) is 17.2. The van der Waals surface area contributed by atoms with Gasteiger partial charge in [0.1, 0.15) is 11.5 Å². The Morgan fingerprint density at radius 2 is 1.71 bits per heavy atom. The Kier molecular flexibility index (Phi) is 8.54. The molecule has 1 aliphatic rings. The lowest BCUT2D eigenvalue weighted by atomic mass is 9.95. The molecule has 1 amide bonds. The molecule has 0 radical (unpaired) electrons. The van der Waals surface area contributed by atoms with Crippen LogP contribution in [0.15, 0.2) is 48.0 Å². The van der Waals surface area contributed by atoms with Gasteiger partial charge in [-0.3, -0.25) is 9.59 Å². The predicted octanol–water partition coefficient (Wildman–Crippen LogP) is 3.95. The second-order valence-electron chi connectivity index (χ2n) is 7.83. The number of carbonyl (C=O) groups is 2. The highest BCUT2D eigenvalue weighted by Crippen LogP contribution is 2.42. The van der Waals surface area contributed by atoms with E-state index in [1.807, 2.05) is 0 Å². The lowest BCUT2D eigenvalue weighted by molar-refractivity contribution is -0.140. The van der Waals surface area contributed by atoms with Crippen LogP contribution in [0.25, 0.3) is 5.76 Å². The Morgan fingerprint density at radius 1 is 0.971 bits per heavy atom. The van der Waals surface area contributed by atoms with Gasteiger partial charge in [-0.15, -0.1) is 0 Å². The zero-order chi connectivity index (χ0) is 24.7. The molecule has 0 saturated carbocycles. The van der Waals surface area contributed by atoms with Gasteiger partial charge in [-0.1, -0.05) is 19.4 Å². The monoisotopic (exact) mass is 469 g/mol. The van der Waals surface area contributed by atoms with Crippen molar-refractivity contribution in [2.45, 2.75) is 25.8 Å². The van der Waals surface area contributed by atoms with Crippen molar-refractivity contribution >= 4 is 17.4 Å². The SMILES string of the molecule is CCCCOc1ccc([C@H]2C(=C(O)c3ccc(OC)cc3)C(=O)C(=O)N2CCOC)cc1OC. The number of aliphatic hydroxyl groups excluding tert-OH is 1. The van der Waals surface area contributed by atoms with E-state index < -0.39 is 17.7 Å². The third-order valence-electron chi connectivity index (χ3n) is 5.70. The smallest absolute Gasteiger partial charge is 0.295 e. The first kappa shape index (κ1) is 25.1. The minimum absolute atomic E-state index is 0.00738. The summed E-state index contributed by atoms with van der Waals surface area (Å²) in [7, 11) is 4.60. The maximum Gasteiger partial charge on any atom is 0.295 e. The number of nitrogens with zero attached hydrogens (tertiary/aromatic N) is 1. The zero-order valence-corrected chi connectivity index (χ0v) is 20.0. The van der Waals surface area contributed by atoms with Gasteiger partial charge >= 0.3 is 0 Å². The Morgan fingerprint density at radius 3 is 2.32 bits per heavy atom. The highest BCUT2D eigenvalue weighted by Gasteiger charge is 2.46. The molecule has 1 fully saturated rings. The molecule has 0 bridgehead atoms. The number of hydrogen-bond acceptors (Lipinski definition) is 7. The van der Waals surface area contributed by atoms with E-state index in [1.54, 1.807) is 49.6 Å². The van der Waals surface area contributed by atoms with Gasteiger partial charge in [-0.05, 0) is 48.4 Å². The third-order valence-corrected chi connectivity index (χ3v) is 5.70. The number of likely N-dealkylation sites (tertiary alicyclic amines) is 1. The molecule has 1 saturated heterocycles. The highest BCUT2D eigenvalue weighted by molar-refractivity contribution is 6.46. The number of benzene rings is 2. The lowest BCUT2D eigenvalue weighted by Gasteiger charge is -2.25. The van der Waals surface area contributed by atoms with Gasteiger partial charge in [0.25, 0.3) is 11.7 Å². The van der Waals surface area contributed by atoms with Crippen molar-refractivity contribution in [2.75, 3.05) is 41.1 Å². The molecule has 1 N–H and O–H groups in total. The van der Waals surface area contributed by atoms with Crippen LogP contribution in [0, 0.1) is 0 Å². The minimum atomic E-state index is -0.809. The Balaban J connectivity index is 2.09. The predicted molar refractivity (Wildman–Crippen MR) is 127 cm³/mol. The first-order valence-corrected chi connectivity index (χ1v) is 11.2. The second kappa shape index (κ2) is 11.6. The molecule has 1 heterocycles. The first-order valence-electron chi connectivity index (χ1n) is 11.2. The van der Waals surface area contributed by atoms with Gasteiger partial charge in [0.15, 0.2) is 11.5 Å². The number of carbonyl (C=O) groups excluding carboxylic acids is 2. The van der Waals surface area contributed by atoms with Crippen LogP contribution in [-0.2, 0) is 14.3 Å². The summed E-state index contributed by atoms with van der Waals surface area (Å²) in [4.78, 5) is 27.4. The topological polar surface area (TPSA) is 94.5 Å². The van der Waals surface area contributed by atoms with E-state index in [2.05, 4.69) is 6.92 Å². The van der Waals surface area contributed by atoms with Gasteiger partial charge in [0.05, 0.1) is 39.0 Å². The molecule has 2 aromatic carbocycles. The van der Waals surface area contributed by atoms with Crippen LogP contribution in [0.1, 0.15) is 36.9 Å². The largest absolute Gasteiger partial charge is 0.507 e. The highest BCUT2D eigenvalue weighted by atomic mass is 16.5. The summed E-state index contributed by atoms with van der Waals surface area (Å²) in [6.45, 7) is 3.05. The third kappa shape index (κ3) is 5.17. The quantitative estimate of drug-likeness (QED) is 0.230. The molecule has 0 spiro atoms. The number of hydrogen-bond donors (Lipinski definition) is 1. The van der Waals surface area contributed by atoms with Gasteiger partial charge in [-0.25, -0.2) is 0 Å². The second-order valence-corrected chi connectivity index (χ2v) is 7.83. The number of aliphatic hydroxyl groups is 1. The number of unbranched alkanes of at least 4 members (excludes halogenated alkanes) is 1. The van der Waals surface area contributed by atoms with Crippen LogP contribution < -0.4 is 14.2 Å². The number of methoxy groups -OCH3 is 3. The molecule has 0 unspecified atom stereocenters. The molecule has 1 aliphatic heterocycles. The van der Waals surface area contributed by atoms with E-state index in [0.29, 0.717) is 35.0 Å². The van der Waals surface area contributed by atoms with Crippen molar-refractivity contribution in [3.8, 4) is 17.2 Å². The van der Waals surface area contributed by atoms with Crippen LogP contribution in [0.3, 0.4) is 0 Å². The Bertz CT molecular complexity index is 1050. The van der Waals surface area contributed by atoms with Crippen LogP contribution >= 0.6 is 0 Å². The summed E-state index contributed by atoms with van der Waals surface area (Å²) in [5.41, 5.74) is 1.03. The van der Waals surface area contributed by atoms with Crippen molar-refractivity contribution < 1.29 is 33.6 Å². The van der Waals surface area contributed by atoms with Crippen molar-refractivity contribution in [1.82, 2.24) is 4.90 Å². The Labute approximate surface area is 199 Å². The van der Waals surface area contributed by atoms with Gasteiger partial charge in [-0.2, -0.15) is 0 Å². The number of ketones is 1. The van der Waals surface area contributed by atoms with E-state index in [9.17, 15) is 14.7 Å². The fraction of sp³-hybridized carbons (Fsp3) is 0.385. The summed E-state index contributed by atoms with van der Waals surface area (Å²) in [5, 5.41) is 11.1. The number of ether oxygens (including phenoxy) is 4. The van der Waals surface area contributed by atoms with Crippen LogP contribution in [0.5, 0.6) is 17.2 Å². The van der Waals surface area contributed by atoms with E-state index in [-0.39, 0.29) is 24.5 Å². The molecule has 34 heavy (non-hydrogen) atoms. The van der Waals surface area contributed by atoms with E-state index in [1.165, 1.54) is 19.1 Å². The van der Waals surface area contributed by atoms with Crippen molar-refractivity contribution in [2.24, 2.45) is 0 Å². The van der Waals surface area contributed by atoms with Gasteiger partial charge in [0.2, 0.25) is 0 Å². The molecular weight excluding hydrogens is 438 g/mol. The van der Waals surface area contributed by atoms with E-state index >= 15 is 0 Å². The number of rotatable bonds is 11. The maximum atomic E-state index is 13.1. The summed E-state index contributed by atoms with van der Waals surface area (Å²) >= 11 is 0. The lowest BCUT2D eigenvalue weighted by Crippen LogP contribution is -2.32. The molecular formula is C26H31NO7. The molecule has 0 aliphatic carbocycles. The summed E-state index contributed by atoms with van der Waals surface area (Å²) in [6.07, 6.45) is 1.91. The molecule has 2 aromatic rings. The van der Waals surface area contributed by atoms with Crippen LogP contribution in [-0.4, -0.2) is 62.8 Å². The van der Waals surface area contributed by atoms with Crippen LogP contribution in [0.2, 0.25) is 0 Å². The summed E-state index contributed by atoms with van der Waals surface area (Å²) in [6, 6.07) is 11.1. The standard InChI is InChI=1S/C26H31NO7/c1-5-6-14-34-20-12-9-18(16-21(20)33-4)23-22(25(29)26(30)27(23)13-15-31-2)24(28)17-7-10-19(32-3)11-8-17/h7-12,16,23,28H,5-6,13-15H2,1-4H3/t23-/m0/s1. The number of amides is 1. The van der Waals surface area contributed by atoms with Gasteiger partial charge < -0.3 is 29.0 Å². The molecule has 0 aromatic heterocycles. The van der Waals surface area contributed by atoms with E-state index in [0.717, 1.165) is 12.8 Å². The van der Waals surface area contributed by atoms with Crippen molar-refractivity contribution in [3.63, 3.8) is 0 Å². The Hall–Kier alpha value is -3.52. The molecule has 8 heteroatoms. The van der Waals surface area contributed by atoms with Gasteiger partial charge in [0, 0.05) is 19.2 Å². The maximum absolute atomic E-state index is 13.1. The zero-order valence-electron chi connectivity index (χ0n) is 20.0. The van der Waals surface area contributed by atoms with Crippen molar-refractivity contribution in [1.29, 1.82) is 0 Å². The molecule has 182 valence electrons. The van der Waals surface area contributed by atoms with Crippen molar-refractivity contribution in [3.05, 3.63) is 59.2 Å². The minimum Gasteiger partial charge on any atom is -0.507 e. The molecule has 3 rings (SSSR count). The first-order chi connectivity index (χ1) is 16.5. The fourth-order valence-corrected chi connectivity index (χ4v) is 3.85. The average Bonchev–Trinajstić information content (AvgIpc) is 3.12. The summed E-state index contributed by atoms with van der Waals surface area (Å²) < 4.78 is 21.7. The van der Waals surface area contributed by atoms with E-state index in [4.69, 9.17) is 18.9 Å². The molecule has 8 nitrogen and oxygen atoms in total.